The predicted octanol–water partition coefficient (Wildman–Crippen LogP) is 4.72. The molecule has 5 rings (SSSR count). The van der Waals surface area contributed by atoms with Crippen LogP contribution < -0.4 is 5.32 Å². The molecule has 4 fully saturated rings. The van der Waals surface area contributed by atoms with Crippen molar-refractivity contribution in [3.63, 3.8) is 0 Å². The summed E-state index contributed by atoms with van der Waals surface area (Å²) in [6, 6.07) is 9.82. The highest BCUT2D eigenvalue weighted by atomic mass is 32.2. The van der Waals surface area contributed by atoms with Gasteiger partial charge in [0.1, 0.15) is 0 Å². The molecule has 0 radical (unpaired) electrons. The Balaban J connectivity index is 1.41. The largest absolute Gasteiger partial charge is 0.325 e. The molecule has 1 aromatic carbocycles. The lowest BCUT2D eigenvalue weighted by Gasteiger charge is -2.57. The molecule has 1 atom stereocenters. The van der Waals surface area contributed by atoms with Crippen LogP contribution in [0.2, 0.25) is 0 Å². The van der Waals surface area contributed by atoms with E-state index in [4.69, 9.17) is 0 Å². The van der Waals surface area contributed by atoms with Crippen LogP contribution in [0.25, 0.3) is 0 Å². The van der Waals surface area contributed by atoms with E-state index < -0.39 is 0 Å². The van der Waals surface area contributed by atoms with Gasteiger partial charge >= 0.3 is 0 Å². The van der Waals surface area contributed by atoms with E-state index >= 15 is 0 Å². The van der Waals surface area contributed by atoms with Crippen LogP contribution in [0.15, 0.2) is 30.3 Å². The lowest BCUT2D eigenvalue weighted by molar-refractivity contribution is -0.115. The Hall–Kier alpha value is -0.960. The zero-order chi connectivity index (χ0) is 15.2. The van der Waals surface area contributed by atoms with Crippen molar-refractivity contribution in [3.05, 3.63) is 30.3 Å². The summed E-state index contributed by atoms with van der Waals surface area (Å²) >= 11 is 1.97. The number of hydrogen-bond acceptors (Lipinski definition) is 2. The summed E-state index contributed by atoms with van der Waals surface area (Å²) in [4.78, 5) is 12.5. The number of carbonyl (C=O) groups excluding carboxylic acids is 1. The fraction of sp³-hybridized carbons (Fsp3) is 0.632. The van der Waals surface area contributed by atoms with Crippen LogP contribution in [-0.2, 0) is 4.79 Å². The molecule has 4 aliphatic rings. The minimum atomic E-state index is 0.0384. The molecule has 0 heterocycles. The molecule has 2 nitrogen and oxygen atoms in total. The Kier molecular flexibility index (Phi) is 3.72. The maximum absolute atomic E-state index is 12.5. The van der Waals surface area contributed by atoms with E-state index in [0.717, 1.165) is 23.4 Å². The van der Waals surface area contributed by atoms with Crippen LogP contribution in [0, 0.1) is 17.8 Å². The van der Waals surface area contributed by atoms with Crippen molar-refractivity contribution in [1.29, 1.82) is 0 Å². The summed E-state index contributed by atoms with van der Waals surface area (Å²) in [5, 5.41) is 3.10. The van der Waals surface area contributed by atoms with Gasteiger partial charge in [-0.2, -0.15) is 0 Å². The number of hydrogen-bond donors (Lipinski definition) is 1. The molecule has 4 bridgehead atoms. The van der Waals surface area contributed by atoms with E-state index in [1.54, 1.807) is 0 Å². The van der Waals surface area contributed by atoms with Gasteiger partial charge in [0.2, 0.25) is 5.91 Å². The monoisotopic (exact) mass is 315 g/mol. The van der Waals surface area contributed by atoms with E-state index in [1.807, 2.05) is 42.1 Å². The van der Waals surface area contributed by atoms with Crippen LogP contribution in [0.5, 0.6) is 0 Å². The molecular weight excluding hydrogens is 290 g/mol. The number of nitrogens with one attached hydrogen (secondary N) is 1. The number of carbonyl (C=O) groups is 1. The highest BCUT2D eigenvalue weighted by molar-refractivity contribution is 8.01. The van der Waals surface area contributed by atoms with Crippen molar-refractivity contribution in [2.45, 2.75) is 55.4 Å². The summed E-state index contributed by atoms with van der Waals surface area (Å²) in [6.45, 7) is 2.08. The van der Waals surface area contributed by atoms with Crippen LogP contribution in [0.4, 0.5) is 5.69 Å². The number of thioether (sulfide) groups is 1. The van der Waals surface area contributed by atoms with Crippen molar-refractivity contribution >= 4 is 23.4 Å². The third-order valence-corrected chi connectivity index (χ3v) is 7.39. The Morgan fingerprint density at radius 3 is 2.18 bits per heavy atom. The average molecular weight is 315 g/mol. The fourth-order valence-electron chi connectivity index (χ4n) is 5.37. The molecule has 0 aromatic heterocycles. The molecule has 4 aliphatic carbocycles. The van der Waals surface area contributed by atoms with Gasteiger partial charge in [-0.1, -0.05) is 18.2 Å². The Morgan fingerprint density at radius 2 is 1.64 bits per heavy atom. The first-order chi connectivity index (χ1) is 10.6. The Morgan fingerprint density at radius 1 is 1.09 bits per heavy atom. The van der Waals surface area contributed by atoms with Gasteiger partial charge in [-0.05, 0) is 75.3 Å². The van der Waals surface area contributed by atoms with Gasteiger partial charge in [0.15, 0.2) is 0 Å². The molecule has 22 heavy (non-hydrogen) atoms. The summed E-state index contributed by atoms with van der Waals surface area (Å²) in [7, 11) is 0. The van der Waals surface area contributed by atoms with Crippen molar-refractivity contribution in [2.24, 2.45) is 17.8 Å². The summed E-state index contributed by atoms with van der Waals surface area (Å²) in [5.41, 5.74) is 0.908. The third kappa shape index (κ3) is 2.80. The first kappa shape index (κ1) is 14.6. The van der Waals surface area contributed by atoms with Gasteiger partial charge in [-0.15, -0.1) is 11.8 Å². The fourth-order valence-corrected chi connectivity index (χ4v) is 7.28. The Bertz CT molecular complexity index is 521. The topological polar surface area (TPSA) is 29.1 Å². The normalized spacial score (nSPS) is 37.0. The number of anilines is 1. The molecule has 1 N–H and O–H groups in total. The van der Waals surface area contributed by atoms with Gasteiger partial charge < -0.3 is 5.32 Å². The van der Waals surface area contributed by atoms with Crippen molar-refractivity contribution in [1.82, 2.24) is 0 Å². The minimum Gasteiger partial charge on any atom is -0.325 e. The second-order valence-electron chi connectivity index (χ2n) is 7.72. The van der Waals surface area contributed by atoms with Gasteiger partial charge in [0.25, 0.3) is 0 Å². The molecule has 4 saturated carbocycles. The maximum Gasteiger partial charge on any atom is 0.237 e. The van der Waals surface area contributed by atoms with E-state index in [2.05, 4.69) is 12.2 Å². The first-order valence-electron chi connectivity index (χ1n) is 8.66. The second-order valence-corrected chi connectivity index (χ2v) is 9.52. The first-order valence-corrected chi connectivity index (χ1v) is 9.54. The van der Waals surface area contributed by atoms with Gasteiger partial charge in [-0.3, -0.25) is 4.79 Å². The number of amides is 1. The van der Waals surface area contributed by atoms with Crippen LogP contribution in [-0.4, -0.2) is 15.9 Å². The van der Waals surface area contributed by atoms with E-state index in [0.29, 0.717) is 4.75 Å². The number of rotatable bonds is 4. The number of benzene rings is 1. The van der Waals surface area contributed by atoms with Crippen LogP contribution >= 0.6 is 11.8 Å². The number of para-hydroxylation sites is 1. The zero-order valence-corrected chi connectivity index (χ0v) is 14.1. The lowest BCUT2D eigenvalue weighted by atomic mass is 9.56. The summed E-state index contributed by atoms with van der Waals surface area (Å²) < 4.78 is 0.405. The third-order valence-electron chi connectivity index (χ3n) is 5.82. The minimum absolute atomic E-state index is 0.0384. The smallest absolute Gasteiger partial charge is 0.237 e. The SMILES string of the molecule is C[C@H](SC12CC3CC(CC(C3)C1)C2)C(=O)Nc1ccccc1. The summed E-state index contributed by atoms with van der Waals surface area (Å²) in [5.74, 6) is 3.00. The van der Waals surface area contributed by atoms with Gasteiger partial charge in [0.05, 0.1) is 5.25 Å². The molecule has 3 heteroatoms. The van der Waals surface area contributed by atoms with Crippen LogP contribution in [0.3, 0.4) is 0 Å². The molecule has 0 saturated heterocycles. The molecule has 1 aromatic rings. The van der Waals surface area contributed by atoms with Gasteiger partial charge in [0, 0.05) is 10.4 Å². The standard InChI is InChI=1S/C19H25NOS/c1-13(18(21)20-17-5-3-2-4-6-17)22-19-10-14-7-15(11-19)9-16(8-14)12-19/h2-6,13-16H,7-12H2,1H3,(H,20,21)/t13-,14?,15?,16?,19?/m0/s1. The molecule has 118 valence electrons. The zero-order valence-electron chi connectivity index (χ0n) is 13.3. The predicted molar refractivity (Wildman–Crippen MR) is 93.0 cm³/mol. The highest BCUT2D eigenvalue weighted by Crippen LogP contribution is 2.61. The summed E-state index contributed by atoms with van der Waals surface area (Å²) in [6.07, 6.45) is 8.45. The molecule has 0 unspecified atom stereocenters. The van der Waals surface area contributed by atoms with E-state index in [1.165, 1.54) is 38.5 Å². The average Bonchev–Trinajstić information content (AvgIpc) is 2.46. The van der Waals surface area contributed by atoms with Crippen molar-refractivity contribution in [3.8, 4) is 0 Å². The van der Waals surface area contributed by atoms with E-state index in [-0.39, 0.29) is 11.2 Å². The Labute approximate surface area is 137 Å². The van der Waals surface area contributed by atoms with Crippen molar-refractivity contribution < 1.29 is 4.79 Å². The maximum atomic E-state index is 12.5. The quantitative estimate of drug-likeness (QED) is 0.871. The van der Waals surface area contributed by atoms with Gasteiger partial charge in [-0.25, -0.2) is 0 Å². The highest BCUT2D eigenvalue weighted by Gasteiger charge is 2.52. The second kappa shape index (κ2) is 5.59. The molecular formula is C19H25NOS. The van der Waals surface area contributed by atoms with Crippen molar-refractivity contribution in [2.75, 3.05) is 5.32 Å². The van der Waals surface area contributed by atoms with E-state index in [9.17, 15) is 4.79 Å². The molecule has 0 spiro atoms. The van der Waals surface area contributed by atoms with Crippen LogP contribution in [0.1, 0.15) is 45.4 Å². The molecule has 0 aliphatic heterocycles. The molecule has 1 amide bonds. The lowest BCUT2D eigenvalue weighted by Crippen LogP contribution is -2.49.